The third-order valence-electron chi connectivity index (χ3n) is 1.83. The molecule has 1 atom stereocenters. The molecule has 0 amide bonds. The van der Waals surface area contributed by atoms with Gasteiger partial charge in [-0.3, -0.25) is 4.79 Å². The summed E-state index contributed by atoms with van der Waals surface area (Å²) in [5.41, 5.74) is 1.72. The monoisotopic (exact) mass is 308 g/mol. The number of ketones is 1. The molecular weight excluding hydrogens is 298 g/mol. The average molecular weight is 309 g/mol. The van der Waals surface area contributed by atoms with Crippen molar-refractivity contribution in [1.29, 1.82) is 0 Å². The van der Waals surface area contributed by atoms with Gasteiger partial charge >= 0.3 is 0 Å². The van der Waals surface area contributed by atoms with Gasteiger partial charge in [0.1, 0.15) is 0 Å². The zero-order valence-electron chi connectivity index (χ0n) is 7.47. The molecule has 1 unspecified atom stereocenters. The van der Waals surface area contributed by atoms with Crippen molar-refractivity contribution in [2.75, 3.05) is 0 Å². The second kappa shape index (κ2) is 4.42. The molecule has 0 saturated carbocycles. The van der Waals surface area contributed by atoms with E-state index in [1.54, 1.807) is 6.92 Å². The number of benzene rings is 1. The van der Waals surface area contributed by atoms with Crippen molar-refractivity contribution in [3.8, 4) is 0 Å². The molecule has 0 aliphatic rings. The maximum absolute atomic E-state index is 11.6. The van der Waals surface area contributed by atoms with Gasteiger partial charge in [-0.25, -0.2) is 0 Å². The number of halogens is 2. The minimum Gasteiger partial charge on any atom is -0.293 e. The Labute approximate surface area is 96.6 Å². The van der Waals surface area contributed by atoms with Crippen LogP contribution in [0.25, 0.3) is 0 Å². The van der Waals surface area contributed by atoms with Gasteiger partial charge in [-0.05, 0) is 54.1 Å². The number of aryl methyl sites for hydroxylation is 1. The lowest BCUT2D eigenvalue weighted by atomic mass is 10.0. The van der Waals surface area contributed by atoms with E-state index in [1.165, 1.54) is 0 Å². The van der Waals surface area contributed by atoms with E-state index < -0.39 is 5.38 Å². The summed E-state index contributed by atoms with van der Waals surface area (Å²) in [5.74, 6) is -0.00215. The molecular formula is C10H10ClIO. The molecule has 1 nitrogen and oxygen atoms in total. The standard InChI is InChI=1S/C10H10ClIO/c1-6-3-4-8(12)5-9(6)10(13)7(2)11/h3-5,7H,1-2H3. The predicted molar refractivity (Wildman–Crippen MR) is 63.5 cm³/mol. The number of carbonyl (C=O) groups is 1. The van der Waals surface area contributed by atoms with Crippen LogP contribution in [0.15, 0.2) is 18.2 Å². The Morgan fingerprint density at radius 2 is 2.15 bits per heavy atom. The minimum atomic E-state index is -0.447. The number of carbonyl (C=O) groups excluding carboxylic acids is 1. The Balaban J connectivity index is 3.13. The molecule has 0 aliphatic carbocycles. The molecule has 0 aliphatic heterocycles. The van der Waals surface area contributed by atoms with Crippen LogP contribution in [0.4, 0.5) is 0 Å². The first kappa shape index (κ1) is 11.0. The van der Waals surface area contributed by atoms with Crippen LogP contribution in [-0.4, -0.2) is 11.2 Å². The van der Waals surface area contributed by atoms with Crippen molar-refractivity contribution in [3.63, 3.8) is 0 Å². The molecule has 1 aromatic rings. The highest BCUT2D eigenvalue weighted by atomic mass is 127. The Kier molecular flexibility index (Phi) is 3.74. The molecule has 1 rings (SSSR count). The highest BCUT2D eigenvalue weighted by Crippen LogP contribution is 2.16. The van der Waals surface area contributed by atoms with Crippen LogP contribution in [0.1, 0.15) is 22.8 Å². The molecule has 0 spiro atoms. The van der Waals surface area contributed by atoms with Crippen molar-refractivity contribution < 1.29 is 4.79 Å². The second-order valence-electron chi connectivity index (χ2n) is 2.94. The van der Waals surface area contributed by atoms with Gasteiger partial charge in [-0.1, -0.05) is 6.07 Å². The Morgan fingerprint density at radius 3 is 2.69 bits per heavy atom. The van der Waals surface area contributed by atoms with Gasteiger partial charge in [0.05, 0.1) is 5.38 Å². The summed E-state index contributed by atoms with van der Waals surface area (Å²) < 4.78 is 1.06. The summed E-state index contributed by atoms with van der Waals surface area (Å²) in [5, 5.41) is -0.447. The van der Waals surface area contributed by atoms with Crippen LogP contribution in [-0.2, 0) is 0 Å². The molecule has 0 saturated heterocycles. The molecule has 0 bridgehead atoms. The van der Waals surface area contributed by atoms with Crippen LogP contribution in [0, 0.1) is 10.5 Å². The lowest BCUT2D eigenvalue weighted by molar-refractivity contribution is 0.0991. The fraction of sp³-hybridized carbons (Fsp3) is 0.300. The van der Waals surface area contributed by atoms with E-state index >= 15 is 0 Å². The Bertz CT molecular complexity index is 334. The minimum absolute atomic E-state index is 0.00215. The van der Waals surface area contributed by atoms with Gasteiger partial charge < -0.3 is 0 Å². The molecule has 0 radical (unpaired) electrons. The number of Topliss-reactive ketones (excluding diaryl/α,β-unsaturated/α-hetero) is 1. The third-order valence-corrected chi connectivity index (χ3v) is 2.70. The second-order valence-corrected chi connectivity index (χ2v) is 4.84. The normalized spacial score (nSPS) is 12.6. The fourth-order valence-electron chi connectivity index (χ4n) is 1.07. The van der Waals surface area contributed by atoms with Gasteiger partial charge in [-0.2, -0.15) is 0 Å². The van der Waals surface area contributed by atoms with E-state index in [0.29, 0.717) is 0 Å². The largest absolute Gasteiger partial charge is 0.293 e. The molecule has 0 N–H and O–H groups in total. The van der Waals surface area contributed by atoms with Crippen LogP contribution in [0.3, 0.4) is 0 Å². The van der Waals surface area contributed by atoms with E-state index in [2.05, 4.69) is 22.6 Å². The van der Waals surface area contributed by atoms with E-state index in [4.69, 9.17) is 11.6 Å². The molecule has 0 fully saturated rings. The topological polar surface area (TPSA) is 17.1 Å². The van der Waals surface area contributed by atoms with Crippen molar-refractivity contribution in [2.24, 2.45) is 0 Å². The molecule has 3 heteroatoms. The van der Waals surface area contributed by atoms with Crippen LogP contribution in [0.5, 0.6) is 0 Å². The maximum Gasteiger partial charge on any atom is 0.180 e. The highest BCUT2D eigenvalue weighted by Gasteiger charge is 2.14. The highest BCUT2D eigenvalue weighted by molar-refractivity contribution is 14.1. The maximum atomic E-state index is 11.6. The summed E-state index contributed by atoms with van der Waals surface area (Å²) in [6, 6.07) is 5.79. The molecule has 13 heavy (non-hydrogen) atoms. The van der Waals surface area contributed by atoms with E-state index in [9.17, 15) is 4.79 Å². The zero-order chi connectivity index (χ0) is 10.0. The van der Waals surface area contributed by atoms with E-state index in [-0.39, 0.29) is 5.78 Å². The summed E-state index contributed by atoms with van der Waals surface area (Å²) >= 11 is 7.92. The lowest BCUT2D eigenvalue weighted by Crippen LogP contribution is -2.12. The molecule has 0 aromatic heterocycles. The lowest BCUT2D eigenvalue weighted by Gasteiger charge is -2.06. The Hall–Kier alpha value is -0.0900. The quantitative estimate of drug-likeness (QED) is 0.465. The number of alkyl halides is 1. The molecule has 1 aromatic carbocycles. The zero-order valence-corrected chi connectivity index (χ0v) is 10.4. The van der Waals surface area contributed by atoms with Gasteiger partial charge in [0.2, 0.25) is 0 Å². The number of hydrogen-bond acceptors (Lipinski definition) is 1. The van der Waals surface area contributed by atoms with Crippen molar-refractivity contribution in [2.45, 2.75) is 19.2 Å². The van der Waals surface area contributed by atoms with Gasteiger partial charge in [-0.15, -0.1) is 11.6 Å². The smallest absolute Gasteiger partial charge is 0.180 e. The summed E-state index contributed by atoms with van der Waals surface area (Å²) in [7, 11) is 0. The van der Waals surface area contributed by atoms with Crippen LogP contribution >= 0.6 is 34.2 Å². The number of hydrogen-bond donors (Lipinski definition) is 0. The van der Waals surface area contributed by atoms with E-state index in [1.807, 2.05) is 25.1 Å². The first-order valence-electron chi connectivity index (χ1n) is 3.97. The number of rotatable bonds is 2. The van der Waals surface area contributed by atoms with Crippen LogP contribution < -0.4 is 0 Å². The summed E-state index contributed by atoms with van der Waals surface area (Å²) in [4.78, 5) is 11.6. The van der Waals surface area contributed by atoms with Crippen molar-refractivity contribution >= 4 is 40.0 Å². The van der Waals surface area contributed by atoms with E-state index in [0.717, 1.165) is 14.7 Å². The first-order chi connectivity index (χ1) is 6.02. The average Bonchev–Trinajstić information content (AvgIpc) is 2.08. The summed E-state index contributed by atoms with van der Waals surface area (Å²) in [6.07, 6.45) is 0. The van der Waals surface area contributed by atoms with Gasteiger partial charge in [0, 0.05) is 9.13 Å². The van der Waals surface area contributed by atoms with Crippen molar-refractivity contribution in [1.82, 2.24) is 0 Å². The fourth-order valence-corrected chi connectivity index (χ4v) is 1.68. The van der Waals surface area contributed by atoms with Gasteiger partial charge in [0.25, 0.3) is 0 Å². The Morgan fingerprint density at radius 1 is 1.54 bits per heavy atom. The van der Waals surface area contributed by atoms with Crippen molar-refractivity contribution in [3.05, 3.63) is 32.9 Å². The van der Waals surface area contributed by atoms with Crippen LogP contribution in [0.2, 0.25) is 0 Å². The summed E-state index contributed by atoms with van der Waals surface area (Å²) in [6.45, 7) is 3.62. The van der Waals surface area contributed by atoms with Gasteiger partial charge in [0.15, 0.2) is 5.78 Å². The first-order valence-corrected chi connectivity index (χ1v) is 5.48. The SMILES string of the molecule is Cc1ccc(I)cc1C(=O)C(C)Cl. The molecule has 0 heterocycles. The third kappa shape index (κ3) is 2.68. The predicted octanol–water partition coefficient (Wildman–Crippen LogP) is 3.41. The molecule has 70 valence electrons.